The zero-order valence-corrected chi connectivity index (χ0v) is 67.4. The molecule has 0 saturated heterocycles. The van der Waals surface area contributed by atoms with E-state index in [1.165, 1.54) is 54.4 Å². The van der Waals surface area contributed by atoms with Crippen molar-refractivity contribution in [1.82, 2.24) is 0 Å². The van der Waals surface area contributed by atoms with Gasteiger partial charge in [0.1, 0.15) is 0 Å². The zero-order chi connectivity index (χ0) is 74.8. The molecule has 96 heavy (non-hydrogen) atoms. The van der Waals surface area contributed by atoms with Gasteiger partial charge in [-0.25, -0.2) is 0 Å². The molecule has 8 aliphatic carbocycles. The minimum atomic E-state index is -0.191. The minimum absolute atomic E-state index is 0.0213. The maximum Gasteiger partial charge on any atom is 0.0656 e. The smallest absolute Gasteiger partial charge is 0.0656 e. The average molecular weight is 1350 g/mol. The second-order valence-electron chi connectivity index (χ2n) is 37.6. The van der Waals surface area contributed by atoms with E-state index >= 15 is 0 Å². The van der Waals surface area contributed by atoms with Crippen LogP contribution in [0.2, 0.25) is 0 Å². The molecule has 20 atom stereocenters. The van der Waals surface area contributed by atoms with Gasteiger partial charge < -0.3 is 40.9 Å². The molecule has 0 aromatic heterocycles. The molecule has 560 valence electrons. The van der Waals surface area contributed by atoms with Crippen molar-refractivity contribution in [2.45, 2.75) is 369 Å². The Labute approximate surface area is 594 Å². The van der Waals surface area contributed by atoms with E-state index in [1.807, 2.05) is 27.7 Å². The number of rotatable bonds is 8. The highest BCUT2D eigenvalue weighted by Crippen LogP contribution is 2.50. The van der Waals surface area contributed by atoms with Crippen LogP contribution in [0.5, 0.6) is 0 Å². The maximum absolute atomic E-state index is 10.0. The molecule has 0 aromatic rings. The Bertz CT molecular complexity index is 2450. The Hall–Kier alpha value is -2.40. The predicted molar refractivity (Wildman–Crippen MR) is 416 cm³/mol. The van der Waals surface area contributed by atoms with Gasteiger partial charge in [0.2, 0.25) is 0 Å². The normalized spacial score (nSPS) is 38.7. The van der Waals surface area contributed by atoms with Crippen molar-refractivity contribution in [3.05, 3.63) is 97.2 Å². The first-order chi connectivity index (χ1) is 43.6. The van der Waals surface area contributed by atoms with Gasteiger partial charge in [0, 0.05) is 21.7 Å². The molecule has 0 bridgehead atoms. The molecule has 0 aliphatic heterocycles. The van der Waals surface area contributed by atoms with Crippen LogP contribution in [0, 0.1) is 90.7 Å². The molecule has 0 aromatic carbocycles. The SMILES string of the molecule is C=C(C)C1(C)C(C)CCCC1O.C=C(C)C1(C)CC(C)CCC1O.C=C(C)C1(C)CCC(C)CC1O.C=C(C)C1(C)CCCC(C)C1O.C=C(C)C1CC(O)CC(C)(C)C1.C=C(C)C1CCC(C)(C)C(O)C1.C=C(C)C1CCC(O)C(C)(C)C1.C=C(C)C1CCC(O)CC1(C)C. The predicted octanol–water partition coefficient (Wildman–Crippen LogP) is 22.0. The molecule has 8 fully saturated rings. The van der Waals surface area contributed by atoms with Gasteiger partial charge in [0.25, 0.3) is 0 Å². The van der Waals surface area contributed by atoms with Crippen molar-refractivity contribution in [1.29, 1.82) is 0 Å². The Morgan fingerprint density at radius 3 is 1.26 bits per heavy atom. The summed E-state index contributed by atoms with van der Waals surface area (Å²) in [5, 5.41) is 78.3. The maximum atomic E-state index is 10.0. The van der Waals surface area contributed by atoms with Crippen molar-refractivity contribution < 1.29 is 40.9 Å². The third kappa shape index (κ3) is 27.1. The summed E-state index contributed by atoms with van der Waals surface area (Å²) in [6, 6.07) is 0. The third-order valence-corrected chi connectivity index (χ3v) is 26.5. The highest BCUT2D eigenvalue weighted by molar-refractivity contribution is 5.15. The summed E-state index contributed by atoms with van der Waals surface area (Å²) >= 11 is 0. The van der Waals surface area contributed by atoms with Crippen molar-refractivity contribution in [3.63, 3.8) is 0 Å². The van der Waals surface area contributed by atoms with E-state index in [4.69, 9.17) is 0 Å². The molecular formula is C88H160O8. The number of hydrogen-bond donors (Lipinski definition) is 8. The van der Waals surface area contributed by atoms with Crippen LogP contribution in [0.3, 0.4) is 0 Å². The second-order valence-corrected chi connectivity index (χ2v) is 37.6. The lowest BCUT2D eigenvalue weighted by Gasteiger charge is -2.44. The summed E-state index contributed by atoms with van der Waals surface area (Å²) in [6.45, 7) is 83.1. The topological polar surface area (TPSA) is 162 Å². The van der Waals surface area contributed by atoms with E-state index in [2.05, 4.69) is 191 Å². The van der Waals surface area contributed by atoms with Gasteiger partial charge >= 0.3 is 0 Å². The van der Waals surface area contributed by atoms with Crippen LogP contribution in [0.4, 0.5) is 0 Å². The van der Waals surface area contributed by atoms with Crippen LogP contribution in [0.25, 0.3) is 0 Å². The van der Waals surface area contributed by atoms with Gasteiger partial charge in [-0.3, -0.25) is 0 Å². The Kier molecular flexibility index (Phi) is 37.0. The van der Waals surface area contributed by atoms with Crippen molar-refractivity contribution in [2.75, 3.05) is 0 Å². The fourth-order valence-electron chi connectivity index (χ4n) is 17.3. The van der Waals surface area contributed by atoms with Gasteiger partial charge in [0.15, 0.2) is 0 Å². The monoisotopic (exact) mass is 1350 g/mol. The van der Waals surface area contributed by atoms with Crippen LogP contribution in [0.1, 0.15) is 320 Å². The summed E-state index contributed by atoms with van der Waals surface area (Å²) in [7, 11) is 0. The fraction of sp³-hybridized carbons (Fsp3) is 0.818. The highest BCUT2D eigenvalue weighted by Gasteiger charge is 2.44. The molecule has 0 heterocycles. The van der Waals surface area contributed by atoms with Gasteiger partial charge in [-0.2, -0.15) is 0 Å². The molecular weight excluding hydrogens is 1180 g/mol. The van der Waals surface area contributed by atoms with Crippen LogP contribution < -0.4 is 0 Å². The summed E-state index contributed by atoms with van der Waals surface area (Å²) in [6.07, 6.45) is 24.4. The van der Waals surface area contributed by atoms with E-state index in [0.717, 1.165) is 150 Å². The minimum Gasteiger partial charge on any atom is -0.393 e. The lowest BCUT2D eigenvalue weighted by molar-refractivity contribution is -0.0146. The average Bonchev–Trinajstić information content (AvgIpc) is 0.855. The molecule has 8 nitrogen and oxygen atoms in total. The molecule has 0 radical (unpaired) electrons. The van der Waals surface area contributed by atoms with E-state index in [9.17, 15) is 40.9 Å². The van der Waals surface area contributed by atoms with Gasteiger partial charge in [-0.05, 0) is 266 Å². The molecule has 8 N–H and O–H groups in total. The first kappa shape index (κ1) is 91.6. The number of hydrogen-bond acceptors (Lipinski definition) is 8. The van der Waals surface area contributed by atoms with Crippen LogP contribution in [-0.2, 0) is 0 Å². The summed E-state index contributed by atoms with van der Waals surface area (Å²) in [5.41, 5.74) is 10.1. The van der Waals surface area contributed by atoms with Gasteiger partial charge in [-0.15, -0.1) is 0 Å². The van der Waals surface area contributed by atoms with Crippen molar-refractivity contribution in [2.24, 2.45) is 90.7 Å². The molecule has 0 spiro atoms. The standard InChI is InChI=1S/8C11H20O/c1-8(2)9-5-10(12)7-11(3,4)6-9;1-8(2)10-6-5-9(12)7-11(10,3)4;1-8(2)9-5-6-11(3,4)10(12)7-9;1-8(2)9-5-6-10(12)11(3,4)7-9;1-8(2)11(4)6-5-9(3)7-10(11)12;1-8(2)11(4)7-9(3)5-6-10(11)12;1-8(2)11(4)7-5-6-9(3)10(11)12;1-8(2)11(4)9(3)6-5-7-10(11)12/h8*9-10,12H,1,5-7H2,2-4H3. The van der Waals surface area contributed by atoms with Crippen LogP contribution in [0.15, 0.2) is 97.2 Å². The van der Waals surface area contributed by atoms with Crippen LogP contribution in [-0.4, -0.2) is 89.7 Å². The van der Waals surface area contributed by atoms with E-state index in [-0.39, 0.29) is 86.7 Å². The first-order valence-corrected chi connectivity index (χ1v) is 38.3. The Morgan fingerprint density at radius 1 is 0.323 bits per heavy atom. The van der Waals surface area contributed by atoms with Crippen LogP contribution >= 0.6 is 0 Å². The molecule has 20 unspecified atom stereocenters. The Morgan fingerprint density at radius 2 is 0.854 bits per heavy atom. The molecule has 8 saturated carbocycles. The molecule has 8 aliphatic rings. The third-order valence-electron chi connectivity index (χ3n) is 26.5. The fourth-order valence-corrected chi connectivity index (χ4v) is 17.3. The van der Waals surface area contributed by atoms with Gasteiger partial charge in [-0.1, -0.05) is 221 Å². The highest BCUT2D eigenvalue weighted by atomic mass is 16.3. The molecule has 8 heteroatoms. The van der Waals surface area contributed by atoms with E-state index in [1.54, 1.807) is 0 Å². The molecule has 8 rings (SSSR count). The lowest BCUT2D eigenvalue weighted by Crippen LogP contribution is -2.42. The second kappa shape index (κ2) is 38.8. The van der Waals surface area contributed by atoms with E-state index < -0.39 is 0 Å². The summed E-state index contributed by atoms with van der Waals surface area (Å²) in [5.74, 6) is 4.71. The van der Waals surface area contributed by atoms with Gasteiger partial charge in [0.05, 0.1) is 48.8 Å². The number of allylic oxidation sites excluding steroid dienone is 4. The number of aliphatic hydroxyl groups excluding tert-OH is 8. The van der Waals surface area contributed by atoms with E-state index in [0.29, 0.717) is 46.8 Å². The molecule has 0 amide bonds. The lowest BCUT2D eigenvalue weighted by atomic mass is 9.63. The Balaban J connectivity index is 0.000000549. The summed E-state index contributed by atoms with van der Waals surface area (Å²) < 4.78 is 0. The summed E-state index contributed by atoms with van der Waals surface area (Å²) in [4.78, 5) is 0. The van der Waals surface area contributed by atoms with Crippen molar-refractivity contribution in [3.8, 4) is 0 Å². The largest absolute Gasteiger partial charge is 0.393 e. The van der Waals surface area contributed by atoms with Crippen molar-refractivity contribution >= 4 is 0 Å². The first-order valence-electron chi connectivity index (χ1n) is 38.3. The number of aliphatic hydroxyl groups is 8. The quantitative estimate of drug-likeness (QED) is 0.111. The zero-order valence-electron chi connectivity index (χ0n) is 67.4.